The molecule has 0 aliphatic heterocycles. The molecule has 1 atom stereocenters. The summed E-state index contributed by atoms with van der Waals surface area (Å²) in [6.07, 6.45) is 0. The number of nitrogens with zero attached hydrogens (tertiary/aromatic N) is 2. The number of hydrogen-bond acceptors (Lipinski definition) is 8. The Kier molecular flexibility index (Phi) is 4.61. The zero-order valence-electron chi connectivity index (χ0n) is 12.0. The Morgan fingerprint density at radius 1 is 1.14 bits per heavy atom. The number of ether oxygens (including phenoxy) is 3. The van der Waals surface area contributed by atoms with Gasteiger partial charge in [0, 0.05) is 12.1 Å². The molecule has 0 radical (unpaired) electrons. The molecule has 114 valence electrons. The number of rotatable bonds is 6. The molecule has 2 aromatic rings. The topological polar surface area (TPSA) is 113 Å². The molecular weight excluding hydrogens is 278 g/mol. The Morgan fingerprint density at radius 2 is 1.76 bits per heavy atom. The number of aliphatic hydroxyl groups is 1. The fourth-order valence-corrected chi connectivity index (χ4v) is 1.77. The van der Waals surface area contributed by atoms with Gasteiger partial charge in [0.25, 0.3) is 5.89 Å². The second-order valence-electron chi connectivity index (χ2n) is 4.15. The number of nitrogens with two attached hydrogens (primary N) is 1. The third-order valence-corrected chi connectivity index (χ3v) is 2.91. The average molecular weight is 295 g/mol. The normalized spacial score (nSPS) is 12.0. The summed E-state index contributed by atoms with van der Waals surface area (Å²) in [5.74, 6) is 1.93. The van der Waals surface area contributed by atoms with Crippen LogP contribution in [0.15, 0.2) is 16.7 Å². The van der Waals surface area contributed by atoms with Gasteiger partial charge in [-0.3, -0.25) is 0 Å². The van der Waals surface area contributed by atoms with Crippen LogP contribution in [0.2, 0.25) is 0 Å². The third-order valence-electron chi connectivity index (χ3n) is 2.91. The van der Waals surface area contributed by atoms with Gasteiger partial charge in [-0.15, -0.1) is 0 Å². The molecule has 8 nitrogen and oxygen atoms in total. The minimum atomic E-state index is -0.700. The Bertz CT molecular complexity index is 614. The van der Waals surface area contributed by atoms with Crippen molar-refractivity contribution in [1.82, 2.24) is 10.1 Å². The van der Waals surface area contributed by atoms with E-state index in [9.17, 15) is 0 Å². The first kappa shape index (κ1) is 15.1. The molecule has 0 bridgehead atoms. The fraction of sp³-hybridized carbons (Fsp3) is 0.385. The summed E-state index contributed by atoms with van der Waals surface area (Å²) in [5.41, 5.74) is 6.19. The van der Waals surface area contributed by atoms with Gasteiger partial charge in [0.1, 0.15) is 5.75 Å². The van der Waals surface area contributed by atoms with E-state index in [2.05, 4.69) is 10.1 Å². The summed E-state index contributed by atoms with van der Waals surface area (Å²) in [6.45, 7) is -0.276. The van der Waals surface area contributed by atoms with Crippen LogP contribution in [0, 0.1) is 0 Å². The van der Waals surface area contributed by atoms with Crippen molar-refractivity contribution in [1.29, 1.82) is 0 Å². The van der Waals surface area contributed by atoms with Crippen LogP contribution in [-0.4, -0.2) is 43.2 Å². The van der Waals surface area contributed by atoms with E-state index in [0.717, 1.165) is 0 Å². The molecule has 1 aromatic carbocycles. The molecule has 1 aromatic heterocycles. The molecule has 0 saturated carbocycles. The quantitative estimate of drug-likeness (QED) is 0.803. The van der Waals surface area contributed by atoms with Gasteiger partial charge in [0.2, 0.25) is 0 Å². The molecule has 0 amide bonds. The van der Waals surface area contributed by atoms with Crippen LogP contribution in [0.25, 0.3) is 11.5 Å². The van der Waals surface area contributed by atoms with Crippen molar-refractivity contribution in [3.63, 3.8) is 0 Å². The third kappa shape index (κ3) is 2.91. The Labute approximate surface area is 121 Å². The Morgan fingerprint density at radius 3 is 2.33 bits per heavy atom. The van der Waals surface area contributed by atoms with E-state index >= 15 is 0 Å². The number of aliphatic hydroxyl groups excluding tert-OH is 1. The van der Waals surface area contributed by atoms with Gasteiger partial charge < -0.3 is 29.6 Å². The van der Waals surface area contributed by atoms with E-state index in [1.165, 1.54) is 21.3 Å². The molecule has 0 saturated heterocycles. The maximum atomic E-state index is 9.01. The lowest BCUT2D eigenvalue weighted by Gasteiger charge is -2.11. The molecule has 21 heavy (non-hydrogen) atoms. The summed E-state index contributed by atoms with van der Waals surface area (Å²) in [6, 6.07) is 2.62. The summed E-state index contributed by atoms with van der Waals surface area (Å²) in [5, 5.41) is 12.7. The fourth-order valence-electron chi connectivity index (χ4n) is 1.77. The van der Waals surface area contributed by atoms with Crippen molar-refractivity contribution in [2.45, 2.75) is 6.04 Å². The van der Waals surface area contributed by atoms with Gasteiger partial charge >= 0.3 is 0 Å². The zero-order chi connectivity index (χ0) is 15.4. The first-order valence-electron chi connectivity index (χ1n) is 6.15. The smallest absolute Gasteiger partial charge is 0.261 e. The molecule has 1 unspecified atom stereocenters. The SMILES string of the molecule is COc1cc(OC)c(-c2nc(C(N)CO)no2)cc1OC. The van der Waals surface area contributed by atoms with Crippen molar-refractivity contribution in [3.8, 4) is 28.7 Å². The molecule has 0 aliphatic carbocycles. The highest BCUT2D eigenvalue weighted by Gasteiger charge is 2.20. The number of methoxy groups -OCH3 is 3. The highest BCUT2D eigenvalue weighted by molar-refractivity contribution is 5.68. The minimum absolute atomic E-state index is 0.212. The molecule has 3 N–H and O–H groups in total. The number of hydrogen-bond donors (Lipinski definition) is 2. The van der Waals surface area contributed by atoms with E-state index < -0.39 is 6.04 Å². The lowest BCUT2D eigenvalue weighted by Crippen LogP contribution is -2.15. The predicted octanol–water partition coefficient (Wildman–Crippen LogP) is 0.754. The van der Waals surface area contributed by atoms with Crippen LogP contribution < -0.4 is 19.9 Å². The molecule has 2 rings (SSSR count). The standard InChI is InChI=1S/C13H17N3O5/c1-18-9-5-11(20-3)10(19-2)4-7(9)13-15-12(16-21-13)8(14)6-17/h4-5,8,17H,6,14H2,1-3H3. The lowest BCUT2D eigenvalue weighted by atomic mass is 10.1. The zero-order valence-corrected chi connectivity index (χ0v) is 12.0. The van der Waals surface area contributed by atoms with Gasteiger partial charge in [-0.05, 0) is 0 Å². The predicted molar refractivity (Wildman–Crippen MR) is 73.4 cm³/mol. The summed E-state index contributed by atoms with van der Waals surface area (Å²) in [4.78, 5) is 4.15. The van der Waals surface area contributed by atoms with Crippen LogP contribution in [0.4, 0.5) is 0 Å². The van der Waals surface area contributed by atoms with E-state index in [0.29, 0.717) is 22.8 Å². The highest BCUT2D eigenvalue weighted by atomic mass is 16.5. The summed E-state index contributed by atoms with van der Waals surface area (Å²) >= 11 is 0. The summed E-state index contributed by atoms with van der Waals surface area (Å²) < 4.78 is 20.9. The Balaban J connectivity index is 2.49. The van der Waals surface area contributed by atoms with Gasteiger partial charge in [0.05, 0.1) is 39.5 Å². The largest absolute Gasteiger partial charge is 0.496 e. The second-order valence-corrected chi connectivity index (χ2v) is 4.15. The second kappa shape index (κ2) is 6.42. The van der Waals surface area contributed by atoms with E-state index in [4.69, 9.17) is 29.6 Å². The van der Waals surface area contributed by atoms with Crippen LogP contribution in [0.1, 0.15) is 11.9 Å². The highest BCUT2D eigenvalue weighted by Crippen LogP contribution is 2.39. The van der Waals surface area contributed by atoms with E-state index in [1.807, 2.05) is 0 Å². The molecule has 0 spiro atoms. The van der Waals surface area contributed by atoms with Crippen LogP contribution in [0.3, 0.4) is 0 Å². The average Bonchev–Trinajstić information content (AvgIpc) is 3.02. The van der Waals surface area contributed by atoms with E-state index in [-0.39, 0.29) is 18.3 Å². The van der Waals surface area contributed by atoms with Gasteiger partial charge in [-0.25, -0.2) is 0 Å². The Hall–Kier alpha value is -2.32. The van der Waals surface area contributed by atoms with Gasteiger partial charge in [-0.2, -0.15) is 4.98 Å². The van der Waals surface area contributed by atoms with Crippen molar-refractivity contribution in [3.05, 3.63) is 18.0 Å². The monoisotopic (exact) mass is 295 g/mol. The molecule has 0 fully saturated rings. The van der Waals surface area contributed by atoms with Gasteiger partial charge in [-0.1, -0.05) is 5.16 Å². The molecule has 0 aliphatic rings. The van der Waals surface area contributed by atoms with Crippen LogP contribution in [-0.2, 0) is 0 Å². The lowest BCUT2D eigenvalue weighted by molar-refractivity contribution is 0.260. The first-order chi connectivity index (χ1) is 10.1. The van der Waals surface area contributed by atoms with E-state index in [1.54, 1.807) is 12.1 Å². The first-order valence-corrected chi connectivity index (χ1v) is 6.15. The number of aromatic nitrogens is 2. The molecular formula is C13H17N3O5. The molecule has 8 heteroatoms. The van der Waals surface area contributed by atoms with Crippen molar-refractivity contribution >= 4 is 0 Å². The molecule has 1 heterocycles. The minimum Gasteiger partial charge on any atom is -0.496 e. The maximum Gasteiger partial charge on any atom is 0.261 e. The van der Waals surface area contributed by atoms with Crippen molar-refractivity contribution in [2.24, 2.45) is 5.73 Å². The number of benzene rings is 1. The van der Waals surface area contributed by atoms with Crippen molar-refractivity contribution in [2.75, 3.05) is 27.9 Å². The van der Waals surface area contributed by atoms with Gasteiger partial charge in [0.15, 0.2) is 17.3 Å². The van der Waals surface area contributed by atoms with Crippen molar-refractivity contribution < 1.29 is 23.8 Å². The van der Waals surface area contributed by atoms with Crippen LogP contribution >= 0.6 is 0 Å². The van der Waals surface area contributed by atoms with Crippen LogP contribution in [0.5, 0.6) is 17.2 Å². The summed E-state index contributed by atoms with van der Waals surface area (Å²) in [7, 11) is 4.57. The maximum absolute atomic E-state index is 9.01.